The Balaban J connectivity index is 2.09. The van der Waals surface area contributed by atoms with Crippen molar-refractivity contribution < 1.29 is 0 Å². The van der Waals surface area contributed by atoms with Crippen LogP contribution in [0.3, 0.4) is 0 Å². The van der Waals surface area contributed by atoms with Gasteiger partial charge in [-0.05, 0) is 25.1 Å². The van der Waals surface area contributed by atoms with Crippen LogP contribution < -0.4 is 0 Å². The summed E-state index contributed by atoms with van der Waals surface area (Å²) < 4.78 is 2.12. The van der Waals surface area contributed by atoms with Gasteiger partial charge in [0.15, 0.2) is 0 Å². The number of benzene rings is 2. The third-order valence-electron chi connectivity index (χ3n) is 3.59. The Hall–Kier alpha value is -2.68. The van der Waals surface area contributed by atoms with Crippen molar-refractivity contribution in [1.29, 1.82) is 0 Å². The lowest BCUT2D eigenvalue weighted by molar-refractivity contribution is 1.09. The fourth-order valence-electron chi connectivity index (χ4n) is 2.54. The molecule has 0 spiro atoms. The topological polar surface area (TPSA) is 30.7 Å². The second kappa shape index (κ2) is 4.17. The van der Waals surface area contributed by atoms with Gasteiger partial charge in [-0.25, -0.2) is 4.98 Å². The molecule has 96 valence electrons. The lowest BCUT2D eigenvalue weighted by atomic mass is 10.2. The van der Waals surface area contributed by atoms with E-state index in [4.69, 9.17) is 0 Å². The number of imidazole rings is 1. The quantitative estimate of drug-likeness (QED) is 0.519. The van der Waals surface area contributed by atoms with E-state index in [0.29, 0.717) is 0 Å². The number of para-hydroxylation sites is 1. The number of aryl methyl sites for hydroxylation is 1. The number of aromatic nitrogens is 3. The molecule has 0 aliphatic heterocycles. The molecule has 0 saturated carbocycles. The van der Waals surface area contributed by atoms with Crippen LogP contribution in [-0.4, -0.2) is 14.5 Å². The van der Waals surface area contributed by atoms with Crippen molar-refractivity contribution >= 4 is 21.9 Å². The molecule has 0 N–H and O–H groups in total. The van der Waals surface area contributed by atoms with Crippen LogP contribution in [0.5, 0.6) is 0 Å². The van der Waals surface area contributed by atoms with E-state index in [-0.39, 0.29) is 0 Å². The highest BCUT2D eigenvalue weighted by molar-refractivity contribution is 6.02. The Morgan fingerprint density at radius 2 is 1.65 bits per heavy atom. The first-order chi connectivity index (χ1) is 9.83. The molecular formula is C17H13N3. The van der Waals surface area contributed by atoms with E-state index >= 15 is 0 Å². The smallest absolute Gasteiger partial charge is 0.108 e. The zero-order valence-electron chi connectivity index (χ0n) is 11.1. The second-order valence-electron chi connectivity index (χ2n) is 4.96. The van der Waals surface area contributed by atoms with Crippen LogP contribution in [0, 0.1) is 6.92 Å². The summed E-state index contributed by atoms with van der Waals surface area (Å²) in [6, 6.07) is 16.6. The highest BCUT2D eigenvalue weighted by Gasteiger charge is 2.09. The van der Waals surface area contributed by atoms with Crippen molar-refractivity contribution in [2.75, 3.05) is 0 Å². The van der Waals surface area contributed by atoms with Gasteiger partial charge in [-0.1, -0.05) is 35.9 Å². The van der Waals surface area contributed by atoms with E-state index in [1.807, 2.05) is 30.7 Å². The SMILES string of the molecule is Cc1ccc(-n2cnc3cnc4ccccc4c32)cc1. The first kappa shape index (κ1) is 11.2. The zero-order chi connectivity index (χ0) is 13.5. The van der Waals surface area contributed by atoms with Gasteiger partial charge in [0.25, 0.3) is 0 Å². The maximum atomic E-state index is 4.47. The minimum absolute atomic E-state index is 0.921. The van der Waals surface area contributed by atoms with Crippen LogP contribution in [0.1, 0.15) is 5.56 Å². The van der Waals surface area contributed by atoms with Crippen LogP contribution in [0.2, 0.25) is 0 Å². The van der Waals surface area contributed by atoms with E-state index < -0.39 is 0 Å². The van der Waals surface area contributed by atoms with Crippen molar-refractivity contribution in [3.8, 4) is 5.69 Å². The summed E-state index contributed by atoms with van der Waals surface area (Å²) in [6.07, 6.45) is 3.70. The van der Waals surface area contributed by atoms with Crippen molar-refractivity contribution in [2.24, 2.45) is 0 Å². The molecule has 0 unspecified atom stereocenters. The van der Waals surface area contributed by atoms with Crippen molar-refractivity contribution in [1.82, 2.24) is 14.5 Å². The standard InChI is InChI=1S/C17H13N3/c1-12-6-8-13(9-7-12)20-11-19-16-10-18-15-5-3-2-4-14(15)17(16)20/h2-11H,1H3. The molecular weight excluding hydrogens is 246 g/mol. The van der Waals surface area contributed by atoms with Crippen LogP contribution >= 0.6 is 0 Å². The molecule has 0 atom stereocenters. The third kappa shape index (κ3) is 1.60. The van der Waals surface area contributed by atoms with Gasteiger partial charge in [0.2, 0.25) is 0 Å². The number of nitrogens with zero attached hydrogens (tertiary/aromatic N) is 3. The first-order valence-corrected chi connectivity index (χ1v) is 6.61. The van der Waals surface area contributed by atoms with Gasteiger partial charge in [0.1, 0.15) is 11.8 Å². The number of hydrogen-bond donors (Lipinski definition) is 0. The summed E-state index contributed by atoms with van der Waals surface area (Å²) in [7, 11) is 0. The van der Waals surface area contributed by atoms with Gasteiger partial charge in [-0.2, -0.15) is 0 Å². The summed E-state index contributed by atoms with van der Waals surface area (Å²) >= 11 is 0. The second-order valence-corrected chi connectivity index (χ2v) is 4.96. The van der Waals surface area contributed by atoms with E-state index in [2.05, 4.69) is 51.8 Å². The highest BCUT2D eigenvalue weighted by atomic mass is 15.1. The molecule has 4 aromatic rings. The zero-order valence-corrected chi connectivity index (χ0v) is 11.1. The molecule has 0 aliphatic rings. The Bertz CT molecular complexity index is 904. The van der Waals surface area contributed by atoms with Gasteiger partial charge >= 0.3 is 0 Å². The Morgan fingerprint density at radius 3 is 2.50 bits per heavy atom. The highest BCUT2D eigenvalue weighted by Crippen LogP contribution is 2.25. The van der Waals surface area contributed by atoms with Gasteiger partial charge < -0.3 is 0 Å². The summed E-state index contributed by atoms with van der Waals surface area (Å²) in [4.78, 5) is 8.92. The average molecular weight is 259 g/mol. The van der Waals surface area contributed by atoms with E-state index in [0.717, 1.165) is 27.6 Å². The first-order valence-electron chi connectivity index (χ1n) is 6.61. The molecule has 2 aromatic heterocycles. The lowest BCUT2D eigenvalue weighted by Crippen LogP contribution is -1.93. The summed E-state index contributed by atoms with van der Waals surface area (Å²) in [6.45, 7) is 2.09. The molecule has 0 aliphatic carbocycles. The molecule has 2 heterocycles. The van der Waals surface area contributed by atoms with E-state index in [9.17, 15) is 0 Å². The molecule has 2 aromatic carbocycles. The maximum Gasteiger partial charge on any atom is 0.108 e. The van der Waals surface area contributed by atoms with Crippen LogP contribution in [-0.2, 0) is 0 Å². The summed E-state index contributed by atoms with van der Waals surface area (Å²) in [5, 5.41) is 1.13. The molecule has 3 heteroatoms. The fourth-order valence-corrected chi connectivity index (χ4v) is 2.54. The number of fused-ring (bicyclic) bond motifs is 3. The summed E-state index contributed by atoms with van der Waals surface area (Å²) in [5.41, 5.74) is 5.40. The Labute approximate surface area is 116 Å². The van der Waals surface area contributed by atoms with Gasteiger partial charge in [-0.15, -0.1) is 0 Å². The number of rotatable bonds is 1. The molecule has 0 amide bonds. The maximum absolute atomic E-state index is 4.47. The minimum Gasteiger partial charge on any atom is -0.298 e. The molecule has 0 bridgehead atoms. The fraction of sp³-hybridized carbons (Fsp3) is 0.0588. The van der Waals surface area contributed by atoms with Crippen LogP contribution in [0.4, 0.5) is 0 Å². The molecule has 20 heavy (non-hydrogen) atoms. The van der Waals surface area contributed by atoms with Crippen molar-refractivity contribution in [3.05, 3.63) is 66.6 Å². The van der Waals surface area contributed by atoms with E-state index in [1.165, 1.54) is 5.56 Å². The Morgan fingerprint density at radius 1 is 0.850 bits per heavy atom. The Kier molecular flexibility index (Phi) is 2.33. The van der Waals surface area contributed by atoms with E-state index in [1.54, 1.807) is 0 Å². The van der Waals surface area contributed by atoms with Crippen molar-refractivity contribution in [2.45, 2.75) is 6.92 Å². The lowest BCUT2D eigenvalue weighted by Gasteiger charge is -2.06. The molecule has 3 nitrogen and oxygen atoms in total. The normalized spacial score (nSPS) is 11.2. The number of hydrogen-bond acceptors (Lipinski definition) is 2. The van der Waals surface area contributed by atoms with Crippen molar-refractivity contribution in [3.63, 3.8) is 0 Å². The third-order valence-corrected chi connectivity index (χ3v) is 3.59. The van der Waals surface area contributed by atoms with Gasteiger partial charge in [0.05, 0.1) is 17.2 Å². The summed E-state index contributed by atoms with van der Waals surface area (Å²) in [5.74, 6) is 0. The molecule has 0 radical (unpaired) electrons. The average Bonchev–Trinajstić information content (AvgIpc) is 2.92. The minimum atomic E-state index is 0.921. The molecule has 4 rings (SSSR count). The monoisotopic (exact) mass is 259 g/mol. The number of pyridine rings is 1. The largest absolute Gasteiger partial charge is 0.298 e. The van der Waals surface area contributed by atoms with Crippen LogP contribution in [0.25, 0.3) is 27.6 Å². The molecule has 0 fully saturated rings. The predicted molar refractivity (Wildman–Crippen MR) is 81.1 cm³/mol. The predicted octanol–water partition coefficient (Wildman–Crippen LogP) is 3.88. The van der Waals surface area contributed by atoms with Crippen LogP contribution in [0.15, 0.2) is 61.1 Å². The molecule has 0 saturated heterocycles. The van der Waals surface area contributed by atoms with Gasteiger partial charge in [0, 0.05) is 11.1 Å². The van der Waals surface area contributed by atoms with Gasteiger partial charge in [-0.3, -0.25) is 9.55 Å².